The van der Waals surface area contributed by atoms with Crippen LogP contribution in [0.5, 0.6) is 17.2 Å². The highest BCUT2D eigenvalue weighted by atomic mass is 35.5. The van der Waals surface area contributed by atoms with Crippen molar-refractivity contribution in [3.63, 3.8) is 0 Å². The molecule has 0 unspecified atom stereocenters. The number of phenolic OH excluding ortho intramolecular Hbond substituents is 1. The van der Waals surface area contributed by atoms with Crippen LogP contribution in [0.4, 0.5) is 0 Å². The van der Waals surface area contributed by atoms with Gasteiger partial charge in [-0.15, -0.1) is 0 Å². The summed E-state index contributed by atoms with van der Waals surface area (Å²) in [7, 11) is 0. The Labute approximate surface area is 92.7 Å². The van der Waals surface area contributed by atoms with E-state index in [4.69, 9.17) is 16.3 Å². The van der Waals surface area contributed by atoms with Gasteiger partial charge in [-0.1, -0.05) is 29.8 Å². The summed E-state index contributed by atoms with van der Waals surface area (Å²) >= 11 is 5.68. The second kappa shape index (κ2) is 4.24. The van der Waals surface area contributed by atoms with Gasteiger partial charge in [0.25, 0.3) is 0 Å². The first-order valence-electron chi connectivity index (χ1n) is 4.47. The first kappa shape index (κ1) is 9.87. The lowest BCUT2D eigenvalue weighted by Gasteiger charge is -2.05. The van der Waals surface area contributed by atoms with Crippen LogP contribution in [0.25, 0.3) is 0 Å². The van der Waals surface area contributed by atoms with E-state index in [2.05, 4.69) is 0 Å². The molecule has 0 radical (unpaired) electrons. The number of benzene rings is 2. The number of halogens is 1. The molecule has 2 aromatic carbocycles. The Balaban J connectivity index is 2.22. The normalized spacial score (nSPS) is 9.93. The van der Waals surface area contributed by atoms with E-state index in [-0.39, 0.29) is 5.75 Å². The van der Waals surface area contributed by atoms with Crippen molar-refractivity contribution in [1.82, 2.24) is 0 Å². The van der Waals surface area contributed by atoms with Crippen LogP contribution in [0.3, 0.4) is 0 Å². The van der Waals surface area contributed by atoms with E-state index in [9.17, 15) is 5.11 Å². The molecule has 0 aliphatic carbocycles. The van der Waals surface area contributed by atoms with Gasteiger partial charge in [0, 0.05) is 6.07 Å². The molecule has 0 saturated carbocycles. The maximum Gasteiger partial charge on any atom is 0.137 e. The molecule has 15 heavy (non-hydrogen) atoms. The summed E-state index contributed by atoms with van der Waals surface area (Å²) in [5.41, 5.74) is 0. The topological polar surface area (TPSA) is 29.5 Å². The monoisotopic (exact) mass is 220 g/mol. The zero-order chi connectivity index (χ0) is 10.7. The molecule has 0 amide bonds. The zero-order valence-electron chi connectivity index (χ0n) is 7.85. The number of phenols is 1. The second-order valence-electron chi connectivity index (χ2n) is 3.03. The molecule has 3 heteroatoms. The average molecular weight is 221 g/mol. The van der Waals surface area contributed by atoms with Crippen molar-refractivity contribution in [2.45, 2.75) is 0 Å². The molecule has 0 fully saturated rings. The van der Waals surface area contributed by atoms with Crippen LogP contribution in [-0.2, 0) is 0 Å². The highest BCUT2D eigenvalue weighted by molar-refractivity contribution is 6.32. The molecule has 2 rings (SSSR count). The third-order valence-electron chi connectivity index (χ3n) is 1.90. The molecule has 2 nitrogen and oxygen atoms in total. The maximum atomic E-state index is 9.37. The standard InChI is InChI=1S/C12H9ClO2/c13-11-7-6-10(8-12(11)14)15-9-4-2-1-3-5-9/h1-8,14H. The van der Waals surface area contributed by atoms with Crippen molar-refractivity contribution >= 4 is 11.6 Å². The van der Waals surface area contributed by atoms with Crippen molar-refractivity contribution in [2.75, 3.05) is 0 Å². The van der Waals surface area contributed by atoms with Gasteiger partial charge in [0.1, 0.15) is 17.2 Å². The Bertz CT molecular complexity index is 454. The van der Waals surface area contributed by atoms with Gasteiger partial charge in [0.05, 0.1) is 5.02 Å². The van der Waals surface area contributed by atoms with Crippen LogP contribution in [-0.4, -0.2) is 5.11 Å². The van der Waals surface area contributed by atoms with Gasteiger partial charge >= 0.3 is 0 Å². The highest BCUT2D eigenvalue weighted by Crippen LogP contribution is 2.30. The lowest BCUT2D eigenvalue weighted by molar-refractivity contribution is 0.455. The molecule has 0 aliphatic rings. The summed E-state index contributed by atoms with van der Waals surface area (Å²) in [6.45, 7) is 0. The number of hydrogen-bond donors (Lipinski definition) is 1. The van der Waals surface area contributed by atoms with Gasteiger partial charge in [-0.2, -0.15) is 0 Å². The number of hydrogen-bond acceptors (Lipinski definition) is 2. The molecule has 0 atom stereocenters. The number of para-hydroxylation sites is 1. The fraction of sp³-hybridized carbons (Fsp3) is 0. The highest BCUT2D eigenvalue weighted by Gasteiger charge is 2.01. The molecule has 1 N–H and O–H groups in total. The average Bonchev–Trinajstić information content (AvgIpc) is 2.25. The summed E-state index contributed by atoms with van der Waals surface area (Å²) in [5, 5.41) is 9.68. The Hall–Kier alpha value is -1.67. The van der Waals surface area contributed by atoms with Crippen molar-refractivity contribution in [2.24, 2.45) is 0 Å². The number of ether oxygens (including phenoxy) is 1. The molecule has 0 aromatic heterocycles. The van der Waals surface area contributed by atoms with Crippen LogP contribution in [0.2, 0.25) is 5.02 Å². The molecule has 0 heterocycles. The Morgan fingerprint density at radius 1 is 0.933 bits per heavy atom. The van der Waals surface area contributed by atoms with Crippen molar-refractivity contribution in [3.8, 4) is 17.2 Å². The summed E-state index contributed by atoms with van der Waals surface area (Å²) in [6, 6.07) is 14.1. The van der Waals surface area contributed by atoms with Crippen LogP contribution in [0, 0.1) is 0 Å². The molecule has 0 spiro atoms. The number of aromatic hydroxyl groups is 1. The zero-order valence-corrected chi connectivity index (χ0v) is 8.61. The minimum absolute atomic E-state index is 0.0186. The molecule has 2 aromatic rings. The van der Waals surface area contributed by atoms with Gasteiger partial charge in [-0.3, -0.25) is 0 Å². The van der Waals surface area contributed by atoms with Crippen LogP contribution in [0.15, 0.2) is 48.5 Å². The van der Waals surface area contributed by atoms with E-state index in [1.807, 2.05) is 30.3 Å². The molecule has 0 bridgehead atoms. The molecule has 0 saturated heterocycles. The molecular formula is C12H9ClO2. The third-order valence-corrected chi connectivity index (χ3v) is 2.22. The van der Waals surface area contributed by atoms with E-state index in [1.165, 1.54) is 6.07 Å². The van der Waals surface area contributed by atoms with Crippen LogP contribution in [0.1, 0.15) is 0 Å². The van der Waals surface area contributed by atoms with Crippen molar-refractivity contribution in [1.29, 1.82) is 0 Å². The predicted octanol–water partition coefficient (Wildman–Crippen LogP) is 3.84. The summed E-state index contributed by atoms with van der Waals surface area (Å²) in [4.78, 5) is 0. The van der Waals surface area contributed by atoms with E-state index in [0.29, 0.717) is 10.8 Å². The van der Waals surface area contributed by atoms with Crippen molar-refractivity contribution in [3.05, 3.63) is 53.6 Å². The molecule has 76 valence electrons. The van der Waals surface area contributed by atoms with E-state index >= 15 is 0 Å². The fourth-order valence-electron chi connectivity index (χ4n) is 1.18. The Morgan fingerprint density at radius 3 is 2.33 bits per heavy atom. The summed E-state index contributed by atoms with van der Waals surface area (Å²) in [6.07, 6.45) is 0. The van der Waals surface area contributed by atoms with Gasteiger partial charge in [0.15, 0.2) is 0 Å². The van der Waals surface area contributed by atoms with Crippen LogP contribution < -0.4 is 4.74 Å². The lowest BCUT2D eigenvalue weighted by atomic mass is 10.3. The lowest BCUT2D eigenvalue weighted by Crippen LogP contribution is -1.82. The minimum atomic E-state index is 0.0186. The van der Waals surface area contributed by atoms with E-state index < -0.39 is 0 Å². The van der Waals surface area contributed by atoms with E-state index in [0.717, 1.165) is 5.75 Å². The Kier molecular flexibility index (Phi) is 2.79. The quantitative estimate of drug-likeness (QED) is 0.833. The number of rotatable bonds is 2. The smallest absolute Gasteiger partial charge is 0.137 e. The summed E-state index contributed by atoms with van der Waals surface area (Å²) < 4.78 is 5.50. The SMILES string of the molecule is Oc1cc(Oc2ccccc2)ccc1Cl. The van der Waals surface area contributed by atoms with Gasteiger partial charge < -0.3 is 9.84 Å². The largest absolute Gasteiger partial charge is 0.506 e. The Morgan fingerprint density at radius 2 is 1.67 bits per heavy atom. The van der Waals surface area contributed by atoms with Crippen molar-refractivity contribution < 1.29 is 9.84 Å². The van der Waals surface area contributed by atoms with E-state index in [1.54, 1.807) is 12.1 Å². The van der Waals surface area contributed by atoms with Gasteiger partial charge in [0.2, 0.25) is 0 Å². The van der Waals surface area contributed by atoms with Gasteiger partial charge in [-0.25, -0.2) is 0 Å². The second-order valence-corrected chi connectivity index (χ2v) is 3.44. The summed E-state index contributed by atoms with van der Waals surface area (Å²) in [5.74, 6) is 1.30. The van der Waals surface area contributed by atoms with Gasteiger partial charge in [-0.05, 0) is 24.3 Å². The fourth-order valence-corrected chi connectivity index (χ4v) is 1.30. The third kappa shape index (κ3) is 2.42. The molecular weight excluding hydrogens is 212 g/mol. The first-order chi connectivity index (χ1) is 7.25. The first-order valence-corrected chi connectivity index (χ1v) is 4.85. The molecule has 0 aliphatic heterocycles. The minimum Gasteiger partial charge on any atom is -0.506 e. The predicted molar refractivity (Wildman–Crippen MR) is 59.6 cm³/mol. The maximum absolute atomic E-state index is 9.37. The van der Waals surface area contributed by atoms with Crippen LogP contribution >= 0.6 is 11.6 Å².